The summed E-state index contributed by atoms with van der Waals surface area (Å²) in [5, 5.41) is 4.53. The molecule has 4 nitrogen and oxygen atoms in total. The summed E-state index contributed by atoms with van der Waals surface area (Å²) in [4.78, 5) is 3.28. The smallest absolute Gasteiger partial charge is 0.179 e. The Morgan fingerprint density at radius 2 is 2.00 bits per heavy atom. The fourth-order valence-corrected chi connectivity index (χ4v) is 2.48. The van der Waals surface area contributed by atoms with Crippen molar-refractivity contribution >= 4 is 23.4 Å². The molecule has 0 saturated carbocycles. The third kappa shape index (κ3) is 1.82. The van der Waals surface area contributed by atoms with Crippen LogP contribution in [0.4, 0.5) is 0 Å². The van der Waals surface area contributed by atoms with E-state index in [0.717, 1.165) is 28.2 Å². The molecule has 2 aromatic heterocycles. The van der Waals surface area contributed by atoms with Crippen molar-refractivity contribution in [1.29, 1.82) is 0 Å². The van der Waals surface area contributed by atoms with Gasteiger partial charge < -0.3 is 4.98 Å². The minimum atomic E-state index is 0.373. The van der Waals surface area contributed by atoms with E-state index < -0.39 is 0 Å². The van der Waals surface area contributed by atoms with Crippen molar-refractivity contribution in [3.05, 3.63) is 10.5 Å². The van der Waals surface area contributed by atoms with E-state index >= 15 is 0 Å². The molecule has 2 rings (SSSR count). The van der Waals surface area contributed by atoms with E-state index in [-0.39, 0.29) is 0 Å². The third-order valence-corrected chi connectivity index (χ3v) is 3.75. The van der Waals surface area contributed by atoms with Crippen LogP contribution in [0.25, 0.3) is 11.2 Å². The summed E-state index contributed by atoms with van der Waals surface area (Å²) in [7, 11) is 0. The lowest BCUT2D eigenvalue weighted by Crippen LogP contribution is -2.14. The number of H-pyrrole nitrogens is 1. The van der Waals surface area contributed by atoms with Crippen molar-refractivity contribution in [2.45, 2.75) is 47.2 Å². The molecule has 5 heteroatoms. The average Bonchev–Trinajstić information content (AvgIpc) is 2.75. The van der Waals surface area contributed by atoms with Crippen LogP contribution in [0.3, 0.4) is 0 Å². The summed E-state index contributed by atoms with van der Waals surface area (Å²) < 4.78 is 5.01. The second-order valence-electron chi connectivity index (χ2n) is 4.88. The van der Waals surface area contributed by atoms with Gasteiger partial charge in [-0.3, -0.25) is 4.57 Å². The molecule has 0 spiro atoms. The molecule has 0 saturated heterocycles. The summed E-state index contributed by atoms with van der Waals surface area (Å²) in [6.45, 7) is 11.6. The Hall–Kier alpha value is -1.10. The topological polar surface area (TPSA) is 38.5 Å². The molecule has 1 atom stereocenters. The van der Waals surface area contributed by atoms with Crippen molar-refractivity contribution in [3.63, 3.8) is 0 Å². The van der Waals surface area contributed by atoms with Gasteiger partial charge in [-0.1, -0.05) is 13.8 Å². The van der Waals surface area contributed by atoms with Gasteiger partial charge in [-0.05, 0) is 38.9 Å². The standard InChI is InChI=1S/C12H20N4S/c1-6-15-11-10(8(4)14-15)13-12(17)16(11)9(5)7(2)3/h7,9H,6H2,1-5H3,(H,13,17). The predicted octanol–water partition coefficient (Wildman–Crippen LogP) is 3.44. The SMILES string of the molecule is CCn1nc(C)c2[nH]c(=S)n(C(C)C(C)C)c21. The maximum Gasteiger partial charge on any atom is 0.179 e. The quantitative estimate of drug-likeness (QED) is 0.850. The summed E-state index contributed by atoms with van der Waals surface area (Å²) in [6.07, 6.45) is 0. The Balaban J connectivity index is 2.77. The molecule has 0 aliphatic carbocycles. The first-order valence-corrected chi connectivity index (χ1v) is 6.55. The number of aromatic nitrogens is 4. The number of nitrogens with one attached hydrogen (secondary N) is 1. The first kappa shape index (κ1) is 12.4. The van der Waals surface area contributed by atoms with Crippen LogP contribution in [-0.4, -0.2) is 19.3 Å². The number of aromatic amines is 1. The lowest BCUT2D eigenvalue weighted by Gasteiger charge is -2.18. The lowest BCUT2D eigenvalue weighted by molar-refractivity contribution is 0.406. The normalized spacial score (nSPS) is 13.8. The van der Waals surface area contributed by atoms with Crippen LogP contribution in [0.2, 0.25) is 0 Å². The van der Waals surface area contributed by atoms with Crippen LogP contribution in [-0.2, 0) is 6.54 Å². The number of aryl methyl sites for hydroxylation is 2. The lowest BCUT2D eigenvalue weighted by atomic mass is 10.1. The molecule has 0 fully saturated rings. The molecule has 0 bridgehead atoms. The molecule has 1 unspecified atom stereocenters. The van der Waals surface area contributed by atoms with Crippen LogP contribution < -0.4 is 0 Å². The van der Waals surface area contributed by atoms with Gasteiger partial charge in [0.25, 0.3) is 0 Å². The highest BCUT2D eigenvalue weighted by Gasteiger charge is 2.19. The third-order valence-electron chi connectivity index (χ3n) is 3.45. The van der Waals surface area contributed by atoms with Crippen LogP contribution >= 0.6 is 12.2 Å². The molecule has 0 aliphatic rings. The fraction of sp³-hybridized carbons (Fsp3) is 0.667. The van der Waals surface area contributed by atoms with E-state index in [1.165, 1.54) is 0 Å². The van der Waals surface area contributed by atoms with Crippen LogP contribution in [0, 0.1) is 17.6 Å². The van der Waals surface area contributed by atoms with E-state index in [4.69, 9.17) is 12.2 Å². The number of fused-ring (bicyclic) bond motifs is 1. The van der Waals surface area contributed by atoms with Gasteiger partial charge in [-0.15, -0.1) is 0 Å². The highest BCUT2D eigenvalue weighted by atomic mass is 32.1. The largest absolute Gasteiger partial charge is 0.328 e. The Morgan fingerprint density at radius 1 is 1.35 bits per heavy atom. The second-order valence-corrected chi connectivity index (χ2v) is 5.27. The molecule has 1 N–H and O–H groups in total. The number of nitrogens with zero attached hydrogens (tertiary/aromatic N) is 3. The van der Waals surface area contributed by atoms with Crippen LogP contribution in [0.15, 0.2) is 0 Å². The molecule has 0 radical (unpaired) electrons. The van der Waals surface area contributed by atoms with Crippen molar-refractivity contribution in [2.75, 3.05) is 0 Å². The molecule has 17 heavy (non-hydrogen) atoms. The molecule has 94 valence electrons. The Morgan fingerprint density at radius 3 is 2.53 bits per heavy atom. The minimum absolute atomic E-state index is 0.373. The summed E-state index contributed by atoms with van der Waals surface area (Å²) in [5.41, 5.74) is 3.21. The monoisotopic (exact) mass is 252 g/mol. The first-order valence-electron chi connectivity index (χ1n) is 6.15. The van der Waals surface area contributed by atoms with Crippen molar-refractivity contribution in [2.24, 2.45) is 5.92 Å². The average molecular weight is 252 g/mol. The summed E-state index contributed by atoms with van der Waals surface area (Å²) >= 11 is 5.44. The van der Waals surface area contributed by atoms with Crippen molar-refractivity contribution in [3.8, 4) is 0 Å². The molecular formula is C12H20N4S. The van der Waals surface area contributed by atoms with E-state index in [2.05, 4.69) is 42.3 Å². The molecule has 0 aliphatic heterocycles. The van der Waals surface area contributed by atoms with Gasteiger partial charge in [0.15, 0.2) is 10.4 Å². The van der Waals surface area contributed by atoms with Crippen molar-refractivity contribution < 1.29 is 0 Å². The van der Waals surface area contributed by atoms with Crippen LogP contribution in [0.5, 0.6) is 0 Å². The number of hydrogen-bond acceptors (Lipinski definition) is 2. The van der Waals surface area contributed by atoms with Crippen molar-refractivity contribution in [1.82, 2.24) is 19.3 Å². The zero-order chi connectivity index (χ0) is 12.7. The Bertz CT molecular complexity index is 587. The maximum absolute atomic E-state index is 5.44. The van der Waals surface area contributed by atoms with Crippen LogP contribution in [0.1, 0.15) is 39.4 Å². The molecule has 2 heterocycles. The Kier molecular flexibility index (Phi) is 3.12. The number of hydrogen-bond donors (Lipinski definition) is 1. The fourth-order valence-electron chi connectivity index (χ4n) is 2.12. The van der Waals surface area contributed by atoms with Gasteiger partial charge in [0.1, 0.15) is 5.52 Å². The predicted molar refractivity (Wildman–Crippen MR) is 72.9 cm³/mol. The highest BCUT2D eigenvalue weighted by molar-refractivity contribution is 7.71. The molecule has 0 amide bonds. The van der Waals surface area contributed by atoms with E-state index in [0.29, 0.717) is 12.0 Å². The highest BCUT2D eigenvalue weighted by Crippen LogP contribution is 2.25. The zero-order valence-electron chi connectivity index (χ0n) is 11.1. The molecular weight excluding hydrogens is 232 g/mol. The summed E-state index contributed by atoms with van der Waals surface area (Å²) in [5.74, 6) is 0.543. The van der Waals surface area contributed by atoms with Gasteiger partial charge >= 0.3 is 0 Å². The second kappa shape index (κ2) is 4.29. The van der Waals surface area contributed by atoms with Gasteiger partial charge in [-0.2, -0.15) is 5.10 Å². The van der Waals surface area contributed by atoms with E-state index in [1.807, 2.05) is 11.6 Å². The van der Waals surface area contributed by atoms with Gasteiger partial charge in [0.05, 0.1) is 5.69 Å². The summed E-state index contributed by atoms with van der Waals surface area (Å²) in [6, 6.07) is 0.373. The van der Waals surface area contributed by atoms with E-state index in [9.17, 15) is 0 Å². The zero-order valence-corrected chi connectivity index (χ0v) is 11.9. The first-order chi connectivity index (χ1) is 7.97. The van der Waals surface area contributed by atoms with Gasteiger partial charge in [0, 0.05) is 12.6 Å². The van der Waals surface area contributed by atoms with Gasteiger partial charge in [0.2, 0.25) is 0 Å². The minimum Gasteiger partial charge on any atom is -0.328 e. The molecule has 0 aromatic carbocycles. The van der Waals surface area contributed by atoms with Gasteiger partial charge in [-0.25, -0.2) is 4.68 Å². The maximum atomic E-state index is 5.44. The number of imidazole rings is 1. The Labute approximate surface area is 107 Å². The van der Waals surface area contributed by atoms with E-state index in [1.54, 1.807) is 0 Å². The number of rotatable bonds is 3. The molecule has 2 aromatic rings.